The molecule has 1 saturated carbocycles. The Morgan fingerprint density at radius 2 is 2.18 bits per heavy atom. The Labute approximate surface area is 104 Å². The van der Waals surface area contributed by atoms with E-state index in [1.54, 1.807) is 6.07 Å². The molecule has 0 unspecified atom stereocenters. The van der Waals surface area contributed by atoms with E-state index in [0.29, 0.717) is 10.8 Å². The van der Waals surface area contributed by atoms with E-state index in [0.717, 1.165) is 19.3 Å². The molecular formula is C12H13ClO4. The summed E-state index contributed by atoms with van der Waals surface area (Å²) in [6.45, 7) is 0. The molecule has 2 rings (SSSR count). The molecule has 1 fully saturated rings. The van der Waals surface area contributed by atoms with Crippen LogP contribution in [0.4, 0.5) is 0 Å². The minimum atomic E-state index is -1.07. The zero-order chi connectivity index (χ0) is 12.4. The zero-order valence-corrected chi connectivity index (χ0v) is 10.2. The molecule has 0 heterocycles. The average Bonchev–Trinajstić information content (AvgIpc) is 2.23. The van der Waals surface area contributed by atoms with Crippen molar-refractivity contribution in [1.29, 1.82) is 0 Å². The molecule has 0 bridgehead atoms. The van der Waals surface area contributed by atoms with E-state index < -0.39 is 5.97 Å². The Morgan fingerprint density at radius 3 is 2.65 bits per heavy atom. The maximum atomic E-state index is 11.1. The second kappa shape index (κ2) is 4.84. The van der Waals surface area contributed by atoms with Crippen molar-refractivity contribution in [2.45, 2.75) is 25.4 Å². The van der Waals surface area contributed by atoms with Crippen LogP contribution in [0.25, 0.3) is 0 Å². The van der Waals surface area contributed by atoms with Crippen molar-refractivity contribution in [3.05, 3.63) is 22.7 Å². The molecule has 1 aromatic carbocycles. The molecule has 17 heavy (non-hydrogen) atoms. The summed E-state index contributed by atoms with van der Waals surface area (Å²) >= 11 is 5.83. The molecule has 1 aliphatic carbocycles. The first-order valence-corrected chi connectivity index (χ1v) is 5.77. The Kier molecular flexibility index (Phi) is 3.43. The number of carbonyl (C=O) groups is 1. The largest absolute Gasteiger partial charge is 0.493 e. The van der Waals surface area contributed by atoms with Crippen LogP contribution in [0.15, 0.2) is 12.1 Å². The van der Waals surface area contributed by atoms with Crippen LogP contribution in [0.5, 0.6) is 11.5 Å². The SMILES string of the molecule is COc1cc(Cl)cc(C(=O)O)c1OC1CCC1. The number of ether oxygens (including phenoxy) is 2. The maximum absolute atomic E-state index is 11.1. The number of methoxy groups -OCH3 is 1. The van der Waals surface area contributed by atoms with E-state index in [1.165, 1.54) is 13.2 Å². The van der Waals surface area contributed by atoms with Gasteiger partial charge in [-0.3, -0.25) is 0 Å². The summed E-state index contributed by atoms with van der Waals surface area (Å²) in [7, 11) is 1.46. The smallest absolute Gasteiger partial charge is 0.339 e. The van der Waals surface area contributed by atoms with E-state index in [2.05, 4.69) is 0 Å². The molecule has 1 aromatic rings. The predicted molar refractivity (Wildman–Crippen MR) is 63.2 cm³/mol. The van der Waals surface area contributed by atoms with Crippen LogP contribution in [0.3, 0.4) is 0 Å². The number of rotatable bonds is 4. The van der Waals surface area contributed by atoms with Gasteiger partial charge < -0.3 is 14.6 Å². The van der Waals surface area contributed by atoms with Crippen LogP contribution >= 0.6 is 11.6 Å². The van der Waals surface area contributed by atoms with E-state index >= 15 is 0 Å². The van der Waals surface area contributed by atoms with Crippen molar-refractivity contribution in [1.82, 2.24) is 0 Å². The number of hydrogen-bond donors (Lipinski definition) is 1. The molecule has 0 atom stereocenters. The van der Waals surface area contributed by atoms with Gasteiger partial charge in [-0.05, 0) is 25.3 Å². The number of aromatic carboxylic acids is 1. The lowest BCUT2D eigenvalue weighted by Crippen LogP contribution is -2.25. The molecule has 0 spiro atoms. The number of hydrogen-bond acceptors (Lipinski definition) is 3. The highest BCUT2D eigenvalue weighted by Gasteiger charge is 2.25. The quantitative estimate of drug-likeness (QED) is 0.900. The van der Waals surface area contributed by atoms with Crippen molar-refractivity contribution in [2.24, 2.45) is 0 Å². The lowest BCUT2D eigenvalue weighted by atomic mass is 9.96. The molecule has 0 radical (unpaired) electrons. The Morgan fingerprint density at radius 1 is 1.47 bits per heavy atom. The first-order valence-electron chi connectivity index (χ1n) is 5.39. The van der Waals surface area contributed by atoms with Crippen LogP contribution < -0.4 is 9.47 Å². The fourth-order valence-corrected chi connectivity index (χ4v) is 1.86. The van der Waals surface area contributed by atoms with Crippen molar-refractivity contribution in [3.63, 3.8) is 0 Å². The van der Waals surface area contributed by atoms with E-state index in [9.17, 15) is 4.79 Å². The Hall–Kier alpha value is -1.42. The van der Waals surface area contributed by atoms with Gasteiger partial charge in [0.2, 0.25) is 0 Å². The van der Waals surface area contributed by atoms with Crippen LogP contribution in [0.2, 0.25) is 5.02 Å². The normalized spacial score (nSPS) is 15.2. The third-order valence-electron chi connectivity index (χ3n) is 2.81. The maximum Gasteiger partial charge on any atom is 0.339 e. The molecule has 4 nitrogen and oxygen atoms in total. The third kappa shape index (κ3) is 2.47. The van der Waals surface area contributed by atoms with E-state index in [4.69, 9.17) is 26.2 Å². The fourth-order valence-electron chi connectivity index (χ4n) is 1.66. The minimum Gasteiger partial charge on any atom is -0.493 e. The van der Waals surface area contributed by atoms with Crippen LogP contribution in [0, 0.1) is 0 Å². The van der Waals surface area contributed by atoms with Crippen LogP contribution in [-0.4, -0.2) is 24.3 Å². The summed E-state index contributed by atoms with van der Waals surface area (Å²) < 4.78 is 10.8. The zero-order valence-electron chi connectivity index (χ0n) is 9.40. The highest BCUT2D eigenvalue weighted by Crippen LogP contribution is 2.37. The molecule has 0 saturated heterocycles. The summed E-state index contributed by atoms with van der Waals surface area (Å²) in [5, 5.41) is 9.44. The average molecular weight is 257 g/mol. The number of halogens is 1. The molecule has 0 amide bonds. The van der Waals surface area contributed by atoms with Gasteiger partial charge in [-0.15, -0.1) is 0 Å². The van der Waals surface area contributed by atoms with Crippen molar-refractivity contribution < 1.29 is 19.4 Å². The van der Waals surface area contributed by atoms with Gasteiger partial charge in [0.25, 0.3) is 0 Å². The van der Waals surface area contributed by atoms with Gasteiger partial charge in [0.15, 0.2) is 11.5 Å². The minimum absolute atomic E-state index is 0.0428. The second-order valence-corrected chi connectivity index (χ2v) is 4.40. The number of carboxylic acid groups (broad SMARTS) is 1. The molecule has 92 valence electrons. The predicted octanol–water partition coefficient (Wildman–Crippen LogP) is 2.98. The van der Waals surface area contributed by atoms with Gasteiger partial charge in [-0.1, -0.05) is 11.6 Å². The standard InChI is InChI=1S/C12H13ClO4/c1-16-10-6-7(13)5-9(12(14)15)11(10)17-8-3-2-4-8/h5-6,8H,2-4H2,1H3,(H,14,15). The van der Waals surface area contributed by atoms with Gasteiger partial charge in [0.05, 0.1) is 13.2 Å². The van der Waals surface area contributed by atoms with Gasteiger partial charge in [0, 0.05) is 11.1 Å². The molecule has 0 aliphatic heterocycles. The third-order valence-corrected chi connectivity index (χ3v) is 3.02. The van der Waals surface area contributed by atoms with Crippen molar-refractivity contribution >= 4 is 17.6 Å². The number of benzene rings is 1. The van der Waals surface area contributed by atoms with Crippen molar-refractivity contribution in [2.75, 3.05) is 7.11 Å². The van der Waals surface area contributed by atoms with E-state index in [1.807, 2.05) is 0 Å². The Balaban J connectivity index is 2.39. The summed E-state index contributed by atoms with van der Waals surface area (Å²) in [6, 6.07) is 2.93. The highest BCUT2D eigenvalue weighted by atomic mass is 35.5. The number of carboxylic acids is 1. The first kappa shape index (κ1) is 12.0. The topological polar surface area (TPSA) is 55.8 Å². The van der Waals surface area contributed by atoms with Gasteiger partial charge in [-0.25, -0.2) is 4.79 Å². The molecule has 1 aliphatic rings. The monoisotopic (exact) mass is 256 g/mol. The lowest BCUT2D eigenvalue weighted by Gasteiger charge is -2.27. The van der Waals surface area contributed by atoms with Crippen molar-refractivity contribution in [3.8, 4) is 11.5 Å². The molecule has 1 N–H and O–H groups in total. The highest BCUT2D eigenvalue weighted by molar-refractivity contribution is 6.31. The Bertz CT molecular complexity index is 440. The van der Waals surface area contributed by atoms with Gasteiger partial charge in [0.1, 0.15) is 5.56 Å². The lowest BCUT2D eigenvalue weighted by molar-refractivity contribution is 0.0677. The van der Waals surface area contributed by atoms with Crippen LogP contribution in [-0.2, 0) is 0 Å². The molecular weight excluding hydrogens is 244 g/mol. The van der Waals surface area contributed by atoms with Crippen LogP contribution in [0.1, 0.15) is 29.6 Å². The van der Waals surface area contributed by atoms with Gasteiger partial charge in [-0.2, -0.15) is 0 Å². The summed E-state index contributed by atoms with van der Waals surface area (Å²) in [6.07, 6.45) is 3.10. The van der Waals surface area contributed by atoms with Gasteiger partial charge >= 0.3 is 5.97 Å². The molecule has 0 aromatic heterocycles. The summed E-state index contributed by atoms with van der Waals surface area (Å²) in [5.74, 6) is -0.434. The summed E-state index contributed by atoms with van der Waals surface area (Å²) in [5.41, 5.74) is 0.0428. The fraction of sp³-hybridized carbons (Fsp3) is 0.417. The summed E-state index contributed by atoms with van der Waals surface area (Å²) in [4.78, 5) is 11.1. The second-order valence-electron chi connectivity index (χ2n) is 3.96. The van der Waals surface area contributed by atoms with E-state index in [-0.39, 0.29) is 17.4 Å². The first-order chi connectivity index (χ1) is 8.11. The molecule has 5 heteroatoms.